The Hall–Kier alpha value is -7.92. The third kappa shape index (κ3) is 34.3. The number of halogens is 12. The van der Waals surface area contributed by atoms with Gasteiger partial charge in [-0.05, 0) is 162 Å². The maximum Gasteiger partial charge on any atom is 0.454 e. The van der Waals surface area contributed by atoms with E-state index >= 15 is 0 Å². The van der Waals surface area contributed by atoms with Gasteiger partial charge in [-0.2, -0.15) is 20.4 Å². The van der Waals surface area contributed by atoms with Crippen LogP contribution in [0.5, 0.6) is 0 Å². The lowest BCUT2D eigenvalue weighted by Crippen LogP contribution is -2.51. The standard InChI is InChI=1S/C19H22ClN7O4.C14H14BrClN6O2.C7H4Br2ClN3.C7H4BrClN6.C7H10O2.C5H9NO2.C4H3BrClN3.C3H7BO2.C3H4Br2O/c1-19(2,3)31-18(29)13-10-26(24-22-13)8-12-9-27-16(21-12)14(5-15(20)23-27)25-6-11(7-25)17(28)30-4;1-14(2,3)24-13(23)10-7-21(20-18-10)5-8-6-22-12(17-8)9(15)4-11(16)19-22;8-2-4-3-13-7(11-4)5(9)1-6(10)12-13;8-5-1-6(9)13-15-3-4(2-11-14-10)12-7(5)15;1-5-6(8)9-7(2,3)4;1-8-5(7)4-2-6-3-4;5-2-1-3(6)8-9-4(2)7;5-4(6)3-1-2-3;4-1-3(6)2-5/h5,9-11H,6-8H2,1-4H3;4,6-7H,5H2,1-3H3;1,3H,2H2;1,3H,2H2;1H,2-4H3;4,6H,2-3H2,1H3;1H,(H2,7,9);3,5-6H,1-2H2;1-2H2. The zero-order valence-corrected chi connectivity index (χ0v) is 80.8. The zero-order valence-electron chi connectivity index (χ0n) is 66.0. The molecular formula is C69H77BBr7Cl5N26O13. The van der Waals surface area contributed by atoms with Gasteiger partial charge in [-0.15, -0.1) is 26.8 Å². The number of ether oxygens (including phenoxy) is 5. The van der Waals surface area contributed by atoms with Crippen LogP contribution in [0.4, 0.5) is 11.5 Å². The van der Waals surface area contributed by atoms with Crippen LogP contribution in [0.25, 0.3) is 33.0 Å². The summed E-state index contributed by atoms with van der Waals surface area (Å²) in [5.41, 5.74) is 18.5. The third-order valence-corrected chi connectivity index (χ3v) is 19.8. The van der Waals surface area contributed by atoms with Crippen molar-refractivity contribution in [2.75, 3.05) is 61.7 Å². The monoisotopic (exact) mass is 2220 g/mol. The molecule has 648 valence electrons. The molecule has 2 aliphatic heterocycles. The van der Waals surface area contributed by atoms with Gasteiger partial charge in [0.05, 0.1) is 140 Å². The van der Waals surface area contributed by atoms with E-state index in [9.17, 15) is 28.8 Å². The molecule has 1 aliphatic carbocycles. The molecule has 0 bridgehead atoms. The van der Waals surface area contributed by atoms with E-state index in [4.69, 9.17) is 105 Å². The molecule has 0 unspecified atom stereocenters. The lowest BCUT2D eigenvalue weighted by atomic mass is 9.84. The Bertz CT molecular complexity index is 5500. The highest BCUT2D eigenvalue weighted by molar-refractivity contribution is 9.11. The fourth-order valence-electron chi connectivity index (χ4n) is 9.12. The Balaban J connectivity index is 0.000000224. The van der Waals surface area contributed by atoms with Crippen molar-refractivity contribution in [3.8, 4) is 12.3 Å². The number of carbonyl (C=O) groups is 6. The van der Waals surface area contributed by atoms with Gasteiger partial charge in [0, 0.05) is 48.4 Å². The van der Waals surface area contributed by atoms with Crippen LogP contribution in [0, 0.1) is 24.2 Å². The van der Waals surface area contributed by atoms with Crippen LogP contribution in [-0.4, -0.2) is 219 Å². The summed E-state index contributed by atoms with van der Waals surface area (Å²) in [5, 5.41) is 65.5. The van der Waals surface area contributed by atoms with Crippen LogP contribution in [0.3, 0.4) is 0 Å². The number of ketones is 1. The molecule has 5 N–H and O–H groups in total. The summed E-state index contributed by atoms with van der Waals surface area (Å²) in [6.07, 6.45) is 16.8. The van der Waals surface area contributed by atoms with E-state index in [2.05, 4.69) is 203 Å². The molecule has 39 nitrogen and oxygen atoms in total. The normalized spacial score (nSPS) is 12.7. The van der Waals surface area contributed by atoms with Crippen LogP contribution >= 0.6 is 170 Å². The summed E-state index contributed by atoms with van der Waals surface area (Å²) in [6, 6.07) is 8.36. The zero-order chi connectivity index (χ0) is 90.0. The Kier molecular flexibility index (Phi) is 40.3. The molecule has 2 saturated heterocycles. The number of nitrogens with two attached hydrogens (primary N) is 1. The van der Waals surface area contributed by atoms with Gasteiger partial charge in [0.15, 0.2) is 71.3 Å². The van der Waals surface area contributed by atoms with Crippen LogP contribution < -0.4 is 16.0 Å². The summed E-state index contributed by atoms with van der Waals surface area (Å²) < 4.78 is 36.9. The van der Waals surface area contributed by atoms with E-state index in [1.165, 1.54) is 40.5 Å². The van der Waals surface area contributed by atoms with E-state index in [-0.39, 0.29) is 59.9 Å². The molecule has 3 aliphatic rings. The fourth-order valence-corrected chi connectivity index (χ4v) is 13.5. The van der Waals surface area contributed by atoms with Gasteiger partial charge in [-0.1, -0.05) is 134 Å². The highest BCUT2D eigenvalue weighted by Crippen LogP contribution is 2.37. The molecule has 3 fully saturated rings. The van der Waals surface area contributed by atoms with Crippen LogP contribution in [0.15, 0.2) is 90.5 Å². The van der Waals surface area contributed by atoms with Crippen molar-refractivity contribution in [1.82, 2.24) is 104 Å². The number of imidazole rings is 4. The van der Waals surface area contributed by atoms with E-state index in [1.54, 1.807) is 125 Å². The summed E-state index contributed by atoms with van der Waals surface area (Å²) in [5.74, 6) is 0.559. The minimum atomic E-state index is -1.04. The lowest BCUT2D eigenvalue weighted by Gasteiger charge is -2.39. The first-order valence-electron chi connectivity index (χ1n) is 35.1. The number of rotatable bonds is 15. The second-order valence-electron chi connectivity index (χ2n) is 28.0. The number of nitrogens with one attached hydrogen (secondary N) is 1. The van der Waals surface area contributed by atoms with Gasteiger partial charge in [-0.3, -0.25) is 14.4 Å². The number of hydrogen-bond donors (Lipinski definition) is 4. The molecule has 0 aromatic carbocycles. The number of alkyl halides is 3. The fraction of sp³-hybridized carbons (Fsp3) is 0.420. The Morgan fingerprint density at radius 1 is 0.579 bits per heavy atom. The van der Waals surface area contributed by atoms with Gasteiger partial charge in [-0.25, -0.2) is 61.7 Å². The number of methoxy groups -OCH3 is 2. The lowest BCUT2D eigenvalue weighted by molar-refractivity contribution is -0.148. The van der Waals surface area contributed by atoms with Gasteiger partial charge >= 0.3 is 37.0 Å². The predicted molar refractivity (Wildman–Crippen MR) is 475 cm³/mol. The van der Waals surface area contributed by atoms with Crippen molar-refractivity contribution in [2.45, 2.75) is 123 Å². The van der Waals surface area contributed by atoms with E-state index in [0.29, 0.717) is 106 Å². The summed E-state index contributed by atoms with van der Waals surface area (Å²) >= 11 is 51.6. The smallest absolute Gasteiger partial charge is 0.454 e. The number of anilines is 2. The predicted octanol–water partition coefficient (Wildman–Crippen LogP) is 13.1. The summed E-state index contributed by atoms with van der Waals surface area (Å²) in [4.78, 5) is 89.0. The number of azide groups is 1. The molecule has 0 atom stereocenters. The SMILES string of the molecule is C#CC(=O)OC(C)(C)C.CC(C)(C)OC(=O)c1cn(Cc2cn3nc(Cl)cc(Br)c3n2)nn1.COC(=O)C1CN(c2cc(Cl)nn3cc(Cn4cc(C(=O)OC(C)(C)C)nn4)nc23)C1.COC(=O)C1CNC1.Clc1cc(Br)c2nc(CBr)cn2n1.Nc1nnc(Cl)cc1Br.O=C(CBr)CBr.OB(O)C1CC1.[N-]=[N+]=NCc1cn2nc(Cl)cc(Br)c2n1. The average molecular weight is 2230 g/mol. The summed E-state index contributed by atoms with van der Waals surface area (Å²) in [6.45, 7) is 19.5. The highest BCUT2D eigenvalue weighted by Gasteiger charge is 2.36. The number of nitrogens with zero attached hydrogens (tertiary/aromatic N) is 24. The number of Topliss-reactive ketones (excluding diaryl/α,β-unsaturated/α-hetero) is 1. The molecule has 0 amide bonds. The molecule has 11 aromatic heterocycles. The van der Waals surface area contributed by atoms with Crippen molar-refractivity contribution in [1.29, 1.82) is 0 Å². The molecule has 1 saturated carbocycles. The maximum atomic E-state index is 12.1. The topological polar surface area (TPSA) is 487 Å². The first kappa shape index (κ1) is 102. The number of carbonyl (C=O) groups excluding carboxylic acids is 6. The van der Waals surface area contributed by atoms with Crippen molar-refractivity contribution in [3.05, 3.63) is 156 Å². The van der Waals surface area contributed by atoms with E-state index < -0.39 is 41.8 Å². The third-order valence-electron chi connectivity index (χ3n) is 14.7. The van der Waals surface area contributed by atoms with Crippen LogP contribution in [0.1, 0.15) is 119 Å². The average Bonchev–Trinajstić information content (AvgIpc) is 1.63. The van der Waals surface area contributed by atoms with Crippen LogP contribution in [-0.2, 0) is 67.8 Å². The van der Waals surface area contributed by atoms with Crippen molar-refractivity contribution >= 4 is 246 Å². The Morgan fingerprint density at radius 2 is 0.975 bits per heavy atom. The Morgan fingerprint density at radius 3 is 1.31 bits per heavy atom. The molecule has 0 spiro atoms. The molecule has 52 heteroatoms. The molecule has 11 aromatic rings. The van der Waals surface area contributed by atoms with Crippen molar-refractivity contribution in [3.63, 3.8) is 0 Å². The second kappa shape index (κ2) is 47.8. The number of fused-ring (bicyclic) bond motifs is 4. The first-order valence-corrected chi connectivity index (χ1v) is 43.5. The number of hydrogen-bond acceptors (Lipinski definition) is 31. The highest BCUT2D eigenvalue weighted by atomic mass is 79.9. The molecule has 121 heavy (non-hydrogen) atoms. The minimum Gasteiger partial charge on any atom is -0.469 e. The number of esters is 5. The first-order chi connectivity index (χ1) is 56.8. The summed E-state index contributed by atoms with van der Waals surface area (Å²) in [7, 11) is 1.76. The van der Waals surface area contributed by atoms with Crippen molar-refractivity contribution in [2.24, 2.45) is 17.0 Å². The molecule has 13 heterocycles. The van der Waals surface area contributed by atoms with Gasteiger partial charge in [0.1, 0.15) is 16.8 Å². The number of nitrogen functional groups attached to an aromatic ring is 1. The minimum absolute atomic E-state index is 0.0937. The van der Waals surface area contributed by atoms with Gasteiger partial charge in [0.2, 0.25) is 0 Å². The molecule has 14 rings (SSSR count). The Labute approximate surface area is 775 Å². The van der Waals surface area contributed by atoms with E-state index in [0.717, 1.165) is 56.4 Å². The maximum absolute atomic E-state index is 12.1. The largest absolute Gasteiger partial charge is 0.469 e. The van der Waals surface area contributed by atoms with Crippen molar-refractivity contribution < 1.29 is 62.5 Å². The van der Waals surface area contributed by atoms with Gasteiger partial charge in [0.25, 0.3) is 0 Å². The second-order valence-corrected chi connectivity index (χ2v) is 35.1. The van der Waals surface area contributed by atoms with E-state index in [1.807, 2.05) is 17.0 Å². The number of terminal acetylenes is 1. The quantitative estimate of drug-likeness (QED) is 0.00852. The number of aromatic nitrogens is 20. The van der Waals surface area contributed by atoms with Crippen LogP contribution in [0.2, 0.25) is 31.6 Å². The molecule has 0 radical (unpaired) electrons. The molecular weight excluding hydrogens is 2150 g/mol. The van der Waals surface area contributed by atoms with Gasteiger partial charge < -0.3 is 49.7 Å².